The molecule has 2 nitrogen and oxygen atoms in total. The minimum absolute atomic E-state index is 0.200. The lowest BCUT2D eigenvalue weighted by Crippen LogP contribution is -2.24. The summed E-state index contributed by atoms with van der Waals surface area (Å²) in [5.74, 6) is 0.714. The Balaban J connectivity index is 2.16. The Labute approximate surface area is 112 Å². The minimum atomic E-state index is 0.200. The third-order valence-corrected chi connectivity index (χ3v) is 3.05. The first-order valence-electron chi connectivity index (χ1n) is 6.97. The molecule has 1 aromatic rings. The highest BCUT2D eigenvalue weighted by molar-refractivity contribution is 5.22. The molecule has 0 saturated heterocycles. The molecule has 0 saturated carbocycles. The van der Waals surface area contributed by atoms with Crippen LogP contribution in [0.4, 0.5) is 0 Å². The minimum Gasteiger partial charge on any atom is -0.381 e. The Hall–Kier alpha value is -0.860. The highest BCUT2D eigenvalue weighted by atomic mass is 16.5. The van der Waals surface area contributed by atoms with Gasteiger partial charge in [-0.1, -0.05) is 43.7 Å². The van der Waals surface area contributed by atoms with Crippen molar-refractivity contribution in [1.82, 2.24) is 0 Å². The summed E-state index contributed by atoms with van der Waals surface area (Å²) in [6, 6.07) is 8.76. The fraction of sp³-hybridized carbons (Fsp3) is 0.625. The van der Waals surface area contributed by atoms with E-state index in [1.54, 1.807) is 0 Å². The summed E-state index contributed by atoms with van der Waals surface area (Å²) in [5, 5.41) is 0. The summed E-state index contributed by atoms with van der Waals surface area (Å²) < 4.78 is 5.60. The van der Waals surface area contributed by atoms with Crippen LogP contribution >= 0.6 is 0 Å². The SMILES string of the molecule is Cc1cccc(CC(N)CCOCCC(C)C)c1. The quantitative estimate of drug-likeness (QED) is 0.717. The zero-order chi connectivity index (χ0) is 13.4. The van der Waals surface area contributed by atoms with Gasteiger partial charge in [0.15, 0.2) is 0 Å². The largest absolute Gasteiger partial charge is 0.381 e. The van der Waals surface area contributed by atoms with E-state index < -0.39 is 0 Å². The van der Waals surface area contributed by atoms with E-state index >= 15 is 0 Å². The summed E-state index contributed by atoms with van der Waals surface area (Å²) >= 11 is 0. The lowest BCUT2D eigenvalue weighted by atomic mass is 10.0. The van der Waals surface area contributed by atoms with Crippen LogP contribution in [0.2, 0.25) is 0 Å². The summed E-state index contributed by atoms with van der Waals surface area (Å²) in [6.45, 7) is 8.18. The number of nitrogens with two attached hydrogens (primary N) is 1. The van der Waals surface area contributed by atoms with Crippen molar-refractivity contribution in [1.29, 1.82) is 0 Å². The molecular weight excluding hydrogens is 222 g/mol. The van der Waals surface area contributed by atoms with E-state index in [0.717, 1.165) is 32.5 Å². The molecule has 0 aliphatic rings. The van der Waals surface area contributed by atoms with Crippen molar-refractivity contribution in [3.8, 4) is 0 Å². The second kappa shape index (κ2) is 8.28. The Morgan fingerprint density at radius 3 is 2.56 bits per heavy atom. The second-order valence-electron chi connectivity index (χ2n) is 5.54. The molecule has 0 spiro atoms. The van der Waals surface area contributed by atoms with Crippen LogP contribution in [0.3, 0.4) is 0 Å². The Morgan fingerprint density at radius 2 is 1.89 bits per heavy atom. The molecule has 0 fully saturated rings. The first-order valence-corrected chi connectivity index (χ1v) is 6.97. The van der Waals surface area contributed by atoms with Crippen molar-refractivity contribution in [3.63, 3.8) is 0 Å². The molecule has 102 valence electrons. The summed E-state index contributed by atoms with van der Waals surface area (Å²) in [4.78, 5) is 0. The van der Waals surface area contributed by atoms with Crippen LogP contribution in [0, 0.1) is 12.8 Å². The van der Waals surface area contributed by atoms with Crippen molar-refractivity contribution in [2.75, 3.05) is 13.2 Å². The summed E-state index contributed by atoms with van der Waals surface area (Å²) in [7, 11) is 0. The molecule has 1 rings (SSSR count). The van der Waals surface area contributed by atoms with Crippen molar-refractivity contribution >= 4 is 0 Å². The summed E-state index contributed by atoms with van der Waals surface area (Å²) in [5.41, 5.74) is 8.74. The molecule has 0 heterocycles. The third kappa shape index (κ3) is 6.77. The standard InChI is InChI=1S/C16H27NO/c1-13(2)7-9-18-10-8-16(17)12-15-6-4-5-14(3)11-15/h4-6,11,13,16H,7-10,12,17H2,1-3H3. The van der Waals surface area contributed by atoms with Gasteiger partial charge in [-0.15, -0.1) is 0 Å². The molecule has 0 aliphatic heterocycles. The number of ether oxygens (including phenoxy) is 1. The first-order chi connectivity index (χ1) is 8.58. The normalized spacial score (nSPS) is 12.9. The molecule has 0 amide bonds. The molecule has 0 bridgehead atoms. The van der Waals surface area contributed by atoms with Crippen LogP contribution in [0.25, 0.3) is 0 Å². The average molecular weight is 249 g/mol. The number of hydrogen-bond acceptors (Lipinski definition) is 2. The monoisotopic (exact) mass is 249 g/mol. The molecule has 2 N–H and O–H groups in total. The second-order valence-corrected chi connectivity index (χ2v) is 5.54. The van der Waals surface area contributed by atoms with Gasteiger partial charge in [-0.25, -0.2) is 0 Å². The van der Waals surface area contributed by atoms with Gasteiger partial charge < -0.3 is 10.5 Å². The van der Waals surface area contributed by atoms with Gasteiger partial charge in [0.2, 0.25) is 0 Å². The van der Waals surface area contributed by atoms with Gasteiger partial charge in [0.05, 0.1) is 0 Å². The molecule has 2 heteroatoms. The molecule has 0 radical (unpaired) electrons. The fourth-order valence-electron chi connectivity index (χ4n) is 1.90. The van der Waals surface area contributed by atoms with Gasteiger partial charge in [0.25, 0.3) is 0 Å². The predicted octanol–water partition coefficient (Wildman–Crippen LogP) is 3.32. The van der Waals surface area contributed by atoms with Crippen molar-refractivity contribution in [3.05, 3.63) is 35.4 Å². The molecule has 1 aromatic carbocycles. The lowest BCUT2D eigenvalue weighted by Gasteiger charge is -2.13. The van der Waals surface area contributed by atoms with E-state index in [4.69, 9.17) is 10.5 Å². The van der Waals surface area contributed by atoms with Crippen LogP contribution in [0.1, 0.15) is 37.8 Å². The average Bonchev–Trinajstić information content (AvgIpc) is 2.28. The van der Waals surface area contributed by atoms with Gasteiger partial charge >= 0.3 is 0 Å². The van der Waals surface area contributed by atoms with E-state index in [1.165, 1.54) is 11.1 Å². The maximum Gasteiger partial charge on any atom is 0.0480 e. The number of aryl methyl sites for hydroxylation is 1. The summed E-state index contributed by atoms with van der Waals surface area (Å²) in [6.07, 6.45) is 3.01. The molecule has 0 aromatic heterocycles. The van der Waals surface area contributed by atoms with Gasteiger partial charge in [-0.05, 0) is 37.7 Å². The van der Waals surface area contributed by atoms with E-state index in [2.05, 4.69) is 45.0 Å². The Bertz CT molecular complexity index is 336. The van der Waals surface area contributed by atoms with Gasteiger partial charge in [-0.3, -0.25) is 0 Å². The highest BCUT2D eigenvalue weighted by Crippen LogP contribution is 2.08. The Kier molecular flexibility index (Phi) is 6.99. The number of hydrogen-bond donors (Lipinski definition) is 1. The molecule has 0 aliphatic carbocycles. The maximum absolute atomic E-state index is 6.12. The van der Waals surface area contributed by atoms with E-state index in [9.17, 15) is 0 Å². The Morgan fingerprint density at radius 1 is 1.17 bits per heavy atom. The van der Waals surface area contributed by atoms with E-state index in [0.29, 0.717) is 5.92 Å². The smallest absolute Gasteiger partial charge is 0.0480 e. The molecular formula is C16H27NO. The topological polar surface area (TPSA) is 35.2 Å². The lowest BCUT2D eigenvalue weighted by molar-refractivity contribution is 0.117. The number of rotatable bonds is 8. The van der Waals surface area contributed by atoms with E-state index in [1.807, 2.05) is 0 Å². The van der Waals surface area contributed by atoms with Crippen molar-refractivity contribution in [2.24, 2.45) is 11.7 Å². The van der Waals surface area contributed by atoms with Crippen LogP contribution in [0.5, 0.6) is 0 Å². The third-order valence-electron chi connectivity index (χ3n) is 3.05. The molecule has 1 atom stereocenters. The molecule has 1 unspecified atom stereocenters. The van der Waals surface area contributed by atoms with Crippen LogP contribution in [-0.2, 0) is 11.2 Å². The van der Waals surface area contributed by atoms with E-state index in [-0.39, 0.29) is 6.04 Å². The van der Waals surface area contributed by atoms with Crippen LogP contribution in [0.15, 0.2) is 24.3 Å². The zero-order valence-electron chi connectivity index (χ0n) is 12.0. The van der Waals surface area contributed by atoms with Gasteiger partial charge in [0, 0.05) is 19.3 Å². The van der Waals surface area contributed by atoms with Crippen LogP contribution < -0.4 is 5.73 Å². The molecule has 18 heavy (non-hydrogen) atoms. The zero-order valence-corrected chi connectivity index (χ0v) is 12.0. The van der Waals surface area contributed by atoms with Crippen molar-refractivity contribution in [2.45, 2.75) is 46.1 Å². The van der Waals surface area contributed by atoms with Gasteiger partial charge in [0.1, 0.15) is 0 Å². The first kappa shape index (κ1) is 15.2. The number of benzene rings is 1. The predicted molar refractivity (Wildman–Crippen MR) is 77.7 cm³/mol. The fourth-order valence-corrected chi connectivity index (χ4v) is 1.90. The van der Waals surface area contributed by atoms with Crippen molar-refractivity contribution < 1.29 is 4.74 Å². The van der Waals surface area contributed by atoms with Gasteiger partial charge in [-0.2, -0.15) is 0 Å². The maximum atomic E-state index is 6.12. The highest BCUT2D eigenvalue weighted by Gasteiger charge is 2.04. The van der Waals surface area contributed by atoms with Crippen LogP contribution in [-0.4, -0.2) is 19.3 Å².